The van der Waals surface area contributed by atoms with Crippen molar-refractivity contribution >= 4 is 5.57 Å². The van der Waals surface area contributed by atoms with Gasteiger partial charge in [-0.1, -0.05) is 189 Å². The zero-order valence-electron chi connectivity index (χ0n) is 27.0. The van der Waals surface area contributed by atoms with Crippen molar-refractivity contribution in [3.8, 4) is 45.0 Å². The minimum Gasteiger partial charge on any atom is -0.208 e. The fourth-order valence-electron chi connectivity index (χ4n) is 7.24. The molecular weight excluding hydrogens is 595 g/mol. The van der Waals surface area contributed by atoms with E-state index in [2.05, 4.69) is 165 Å². The van der Waals surface area contributed by atoms with Crippen LogP contribution >= 0.6 is 0 Å². The number of rotatable bonds is 8. The summed E-state index contributed by atoms with van der Waals surface area (Å²) >= 11 is 0. The third kappa shape index (κ3) is 5.04. The Bertz CT molecular complexity index is 2300. The van der Waals surface area contributed by atoms with Gasteiger partial charge in [0.2, 0.25) is 0 Å². The van der Waals surface area contributed by atoms with Gasteiger partial charge in [0.1, 0.15) is 0 Å². The molecule has 1 aliphatic carbocycles. The van der Waals surface area contributed by atoms with E-state index in [9.17, 15) is 0 Å². The lowest BCUT2D eigenvalue weighted by Gasteiger charge is -2.33. The Morgan fingerprint density at radius 2 is 1.00 bits per heavy atom. The summed E-state index contributed by atoms with van der Waals surface area (Å²) in [6.45, 7) is 7.99. The highest BCUT2D eigenvalue weighted by Crippen LogP contribution is 2.58. The van der Waals surface area contributed by atoms with Gasteiger partial charge < -0.3 is 0 Å². The van der Waals surface area contributed by atoms with Gasteiger partial charge in [-0.3, -0.25) is 0 Å². The Hall–Kier alpha value is -6.45. The zero-order chi connectivity index (χ0) is 33.2. The molecular formula is C46H33N3. The average molecular weight is 628 g/mol. The van der Waals surface area contributed by atoms with E-state index in [1.165, 1.54) is 27.8 Å². The first-order chi connectivity index (χ1) is 24.2. The molecule has 1 aromatic heterocycles. The molecule has 49 heavy (non-hydrogen) atoms. The van der Waals surface area contributed by atoms with Gasteiger partial charge in [0.05, 0.1) is 5.41 Å². The Morgan fingerprint density at radius 1 is 0.469 bits per heavy atom. The van der Waals surface area contributed by atoms with Crippen molar-refractivity contribution < 1.29 is 0 Å². The molecule has 0 unspecified atom stereocenters. The smallest absolute Gasteiger partial charge is 0.164 e. The number of benzene rings is 6. The molecule has 0 spiro atoms. The lowest BCUT2D eigenvalue weighted by atomic mass is 9.67. The molecule has 6 aromatic carbocycles. The molecule has 0 N–H and O–H groups in total. The first-order valence-electron chi connectivity index (χ1n) is 16.4. The molecule has 0 saturated carbocycles. The molecule has 0 fully saturated rings. The molecule has 232 valence electrons. The second-order valence-corrected chi connectivity index (χ2v) is 12.1. The summed E-state index contributed by atoms with van der Waals surface area (Å²) in [4.78, 5) is 15.3. The fourth-order valence-corrected chi connectivity index (χ4v) is 7.24. The van der Waals surface area contributed by atoms with Gasteiger partial charge in [-0.05, 0) is 44.5 Å². The first-order valence-corrected chi connectivity index (χ1v) is 16.4. The van der Waals surface area contributed by atoms with E-state index in [1.807, 2.05) is 12.1 Å². The van der Waals surface area contributed by atoms with Crippen LogP contribution in [0.2, 0.25) is 0 Å². The summed E-state index contributed by atoms with van der Waals surface area (Å²) in [7, 11) is 0. The maximum absolute atomic E-state index is 5.19. The van der Waals surface area contributed by atoms with Crippen LogP contribution in [0.3, 0.4) is 0 Å². The number of hydrogen-bond donors (Lipinski definition) is 0. The van der Waals surface area contributed by atoms with Crippen molar-refractivity contribution in [1.29, 1.82) is 0 Å². The lowest BCUT2D eigenvalue weighted by Crippen LogP contribution is -2.28. The van der Waals surface area contributed by atoms with E-state index in [0.717, 1.165) is 33.4 Å². The molecule has 0 atom stereocenters. The monoisotopic (exact) mass is 627 g/mol. The Balaban J connectivity index is 1.38. The second kappa shape index (κ2) is 12.6. The Labute approximate surface area is 287 Å². The van der Waals surface area contributed by atoms with E-state index in [4.69, 9.17) is 15.0 Å². The molecule has 8 rings (SSSR count). The SMILES string of the molecule is C=C/C=C(\C=C)c1nc(-c2ccc(-c3ccccc3)cc2)nc(-c2cccc3c2-c2ccccc2C3(c2ccccc2)c2ccccc2)n1. The van der Waals surface area contributed by atoms with Gasteiger partial charge in [0.25, 0.3) is 0 Å². The molecule has 0 radical (unpaired) electrons. The van der Waals surface area contributed by atoms with Crippen LogP contribution in [0.1, 0.15) is 28.1 Å². The standard InChI is InChI=1S/C46H33N3/c1-3-17-32(4-2)43-47-44(35-30-28-34(29-31-35)33-18-8-5-9-19-33)49-45(48-43)39-25-16-27-41-42(39)38-24-14-15-26-40(38)46(41,36-20-10-6-11-21-36)37-22-12-7-13-23-37/h3-31H,1-2H2/b32-17+. The van der Waals surface area contributed by atoms with Gasteiger partial charge in [-0.2, -0.15) is 0 Å². The van der Waals surface area contributed by atoms with Crippen molar-refractivity contribution in [2.45, 2.75) is 5.41 Å². The molecule has 0 amide bonds. The van der Waals surface area contributed by atoms with Crippen LogP contribution < -0.4 is 0 Å². The number of nitrogens with zero attached hydrogens (tertiary/aromatic N) is 3. The predicted molar refractivity (Wildman–Crippen MR) is 202 cm³/mol. The molecule has 3 heteroatoms. The van der Waals surface area contributed by atoms with Gasteiger partial charge in [-0.15, -0.1) is 0 Å². The molecule has 1 aliphatic rings. The van der Waals surface area contributed by atoms with Gasteiger partial charge >= 0.3 is 0 Å². The van der Waals surface area contributed by atoms with Crippen LogP contribution in [-0.2, 0) is 5.41 Å². The predicted octanol–water partition coefficient (Wildman–Crippen LogP) is 11.0. The van der Waals surface area contributed by atoms with Crippen molar-refractivity contribution in [1.82, 2.24) is 15.0 Å². The topological polar surface area (TPSA) is 38.7 Å². The summed E-state index contributed by atoms with van der Waals surface area (Å²) < 4.78 is 0. The van der Waals surface area contributed by atoms with Crippen LogP contribution in [0.4, 0.5) is 0 Å². The minimum absolute atomic E-state index is 0.522. The molecule has 0 aliphatic heterocycles. The molecule has 0 bridgehead atoms. The van der Waals surface area contributed by atoms with Crippen LogP contribution in [0.25, 0.3) is 50.6 Å². The van der Waals surface area contributed by atoms with Gasteiger partial charge in [0, 0.05) is 16.7 Å². The summed E-state index contributed by atoms with van der Waals surface area (Å²) in [6.07, 6.45) is 5.39. The molecule has 0 saturated heterocycles. The first kappa shape index (κ1) is 29.9. The highest BCUT2D eigenvalue weighted by atomic mass is 15.0. The van der Waals surface area contributed by atoms with Crippen molar-refractivity contribution in [2.24, 2.45) is 0 Å². The molecule has 3 nitrogen and oxygen atoms in total. The highest BCUT2D eigenvalue weighted by molar-refractivity contribution is 5.94. The highest BCUT2D eigenvalue weighted by Gasteiger charge is 2.46. The lowest BCUT2D eigenvalue weighted by molar-refractivity contribution is 0.768. The van der Waals surface area contributed by atoms with Crippen molar-refractivity contribution in [3.05, 3.63) is 217 Å². The molecule has 1 heterocycles. The number of hydrogen-bond acceptors (Lipinski definition) is 3. The van der Waals surface area contributed by atoms with Crippen LogP contribution in [-0.4, -0.2) is 15.0 Å². The third-order valence-electron chi connectivity index (χ3n) is 9.38. The van der Waals surface area contributed by atoms with E-state index in [0.29, 0.717) is 17.5 Å². The van der Waals surface area contributed by atoms with Crippen LogP contribution in [0, 0.1) is 0 Å². The molecule has 7 aromatic rings. The maximum Gasteiger partial charge on any atom is 0.164 e. The largest absolute Gasteiger partial charge is 0.208 e. The number of fused-ring (bicyclic) bond motifs is 3. The van der Waals surface area contributed by atoms with Gasteiger partial charge in [-0.25, -0.2) is 15.0 Å². The van der Waals surface area contributed by atoms with E-state index in [-0.39, 0.29) is 0 Å². The maximum atomic E-state index is 5.19. The summed E-state index contributed by atoms with van der Waals surface area (Å²) in [6, 6.07) is 55.6. The fraction of sp³-hybridized carbons (Fsp3) is 0.0217. The van der Waals surface area contributed by atoms with Crippen molar-refractivity contribution in [2.75, 3.05) is 0 Å². The minimum atomic E-state index is -0.522. The van der Waals surface area contributed by atoms with E-state index < -0.39 is 5.41 Å². The van der Waals surface area contributed by atoms with E-state index >= 15 is 0 Å². The van der Waals surface area contributed by atoms with Crippen molar-refractivity contribution in [3.63, 3.8) is 0 Å². The third-order valence-corrected chi connectivity index (χ3v) is 9.38. The summed E-state index contributed by atoms with van der Waals surface area (Å²) in [5.74, 6) is 1.74. The summed E-state index contributed by atoms with van der Waals surface area (Å²) in [5.41, 5.74) is 11.6. The van der Waals surface area contributed by atoms with Crippen LogP contribution in [0.5, 0.6) is 0 Å². The number of aromatic nitrogens is 3. The van der Waals surface area contributed by atoms with Gasteiger partial charge in [0.15, 0.2) is 17.5 Å². The van der Waals surface area contributed by atoms with E-state index in [1.54, 1.807) is 12.2 Å². The Kier molecular flexibility index (Phi) is 7.71. The second-order valence-electron chi connectivity index (χ2n) is 12.1. The quantitative estimate of drug-likeness (QED) is 0.157. The Morgan fingerprint density at radius 3 is 1.65 bits per heavy atom. The average Bonchev–Trinajstić information content (AvgIpc) is 3.49. The number of allylic oxidation sites excluding steroid dienone is 4. The zero-order valence-corrected chi connectivity index (χ0v) is 27.0. The normalized spacial score (nSPS) is 12.9. The van der Waals surface area contributed by atoms with Crippen LogP contribution in [0.15, 0.2) is 189 Å². The summed E-state index contributed by atoms with van der Waals surface area (Å²) in [5, 5.41) is 0.